The van der Waals surface area contributed by atoms with Gasteiger partial charge in [0.15, 0.2) is 24.5 Å². The first-order valence-corrected chi connectivity index (χ1v) is 22.7. The van der Waals surface area contributed by atoms with E-state index in [9.17, 15) is 35.9 Å². The van der Waals surface area contributed by atoms with Crippen molar-refractivity contribution in [1.29, 1.82) is 0 Å². The molecule has 0 radical (unpaired) electrons. The van der Waals surface area contributed by atoms with E-state index in [-0.39, 0.29) is 28.2 Å². The Labute approximate surface area is 417 Å². The number of nitrogens with one attached hydrogen (secondary N) is 2. The fraction of sp³-hybridized carbons (Fsp3) is 0.378. The van der Waals surface area contributed by atoms with Crippen LogP contribution in [0.25, 0.3) is 22.1 Å². The minimum atomic E-state index is -4.85. The van der Waals surface area contributed by atoms with E-state index >= 15 is 0 Å². The van der Waals surface area contributed by atoms with E-state index < -0.39 is 49.3 Å². The van der Waals surface area contributed by atoms with Gasteiger partial charge >= 0.3 is 12.7 Å². The number of fused-ring (bicyclic) bond motifs is 2. The lowest BCUT2D eigenvalue weighted by Gasteiger charge is -2.34. The van der Waals surface area contributed by atoms with Crippen LogP contribution in [0, 0.1) is 13.8 Å². The molecule has 0 unspecified atom stereocenters. The predicted molar refractivity (Wildman–Crippen MR) is 254 cm³/mol. The van der Waals surface area contributed by atoms with Crippen molar-refractivity contribution in [2.75, 3.05) is 106 Å². The zero-order valence-electron chi connectivity index (χ0n) is 38.7. The lowest BCUT2D eigenvalue weighted by molar-refractivity contribution is -0.275. The Morgan fingerprint density at radius 1 is 0.639 bits per heavy atom. The molecule has 3 N–H and O–H groups in total. The van der Waals surface area contributed by atoms with Gasteiger partial charge in [0.1, 0.15) is 23.0 Å². The summed E-state index contributed by atoms with van der Waals surface area (Å²) in [7, 11) is 2.07. The van der Waals surface area contributed by atoms with Gasteiger partial charge in [-0.05, 0) is 57.3 Å². The number of aliphatic hydroxyl groups excluding tert-OH is 1. The number of aliphatic hydroxyl groups is 1. The minimum Gasteiger partial charge on any atom is -0.482 e. The number of anilines is 4. The first-order chi connectivity index (χ1) is 34.2. The van der Waals surface area contributed by atoms with Crippen LogP contribution in [0.5, 0.6) is 23.0 Å². The third kappa shape index (κ3) is 14.9. The smallest absolute Gasteiger partial charge is 0.482 e. The van der Waals surface area contributed by atoms with Crippen LogP contribution in [-0.4, -0.2) is 155 Å². The average Bonchev–Trinajstić information content (AvgIpc) is 3.31. The molecule has 72 heavy (non-hydrogen) atoms. The maximum atomic E-state index is 12.4. The highest BCUT2D eigenvalue weighted by molar-refractivity contribution is 6.32. The summed E-state index contributed by atoms with van der Waals surface area (Å²) in [6.45, 7) is 10.2. The van der Waals surface area contributed by atoms with Crippen molar-refractivity contribution in [2.45, 2.75) is 26.6 Å². The van der Waals surface area contributed by atoms with E-state index in [0.29, 0.717) is 57.6 Å². The van der Waals surface area contributed by atoms with Gasteiger partial charge < -0.3 is 49.4 Å². The Morgan fingerprint density at radius 3 is 1.44 bits per heavy atom. The molecule has 0 aliphatic carbocycles. The van der Waals surface area contributed by atoms with Crippen molar-refractivity contribution in [3.63, 3.8) is 0 Å². The number of halogens is 8. The average molecular weight is 1050 g/mol. The number of aromatic nitrogens is 6. The van der Waals surface area contributed by atoms with Gasteiger partial charge in [-0.3, -0.25) is 14.5 Å². The van der Waals surface area contributed by atoms with Crippen LogP contribution in [0.2, 0.25) is 10.0 Å². The van der Waals surface area contributed by atoms with Gasteiger partial charge in [-0.25, -0.2) is 19.9 Å². The van der Waals surface area contributed by atoms with Gasteiger partial charge in [0.2, 0.25) is 11.9 Å². The number of likely N-dealkylation sites (N-methyl/N-ethyl adjacent to an activating group) is 1. The zero-order valence-corrected chi connectivity index (χ0v) is 40.2. The number of benzene rings is 2. The first kappa shape index (κ1) is 53.0. The van der Waals surface area contributed by atoms with Crippen LogP contribution in [0.4, 0.5) is 49.6 Å². The van der Waals surface area contributed by atoms with E-state index in [1.807, 2.05) is 13.8 Å². The third-order valence-corrected chi connectivity index (χ3v) is 11.5. The number of pyridine rings is 2. The quantitative estimate of drug-likeness (QED) is 0.0974. The summed E-state index contributed by atoms with van der Waals surface area (Å²) >= 11 is 11.9. The number of ether oxygens (including phenoxy) is 4. The van der Waals surface area contributed by atoms with Gasteiger partial charge in [-0.1, -0.05) is 23.2 Å². The summed E-state index contributed by atoms with van der Waals surface area (Å²) in [5.74, 6) is -0.754. The molecule has 2 aliphatic heterocycles. The number of carbonyl (C=O) groups excluding carboxylic acids is 2. The number of hydrogen-bond acceptors (Lipinski definition) is 17. The zero-order chi connectivity index (χ0) is 51.7. The number of rotatable bonds is 14. The highest BCUT2D eigenvalue weighted by Crippen LogP contribution is 2.33. The van der Waals surface area contributed by atoms with Crippen molar-refractivity contribution >= 4 is 80.4 Å². The van der Waals surface area contributed by atoms with Crippen LogP contribution in [0.15, 0.2) is 60.9 Å². The van der Waals surface area contributed by atoms with E-state index in [2.05, 4.69) is 76.7 Å². The molecule has 8 rings (SSSR count). The number of carbonyl (C=O) groups is 2. The normalized spacial score (nSPS) is 14.7. The summed E-state index contributed by atoms with van der Waals surface area (Å²) in [6.07, 6.45) is -6.74. The van der Waals surface area contributed by atoms with Gasteiger partial charge in [-0.15, -0.1) is 26.3 Å². The number of hydrogen-bond donors (Lipinski definition) is 3. The van der Waals surface area contributed by atoms with Crippen LogP contribution in [0.1, 0.15) is 11.4 Å². The minimum absolute atomic E-state index is 0.0249. The Kier molecular flexibility index (Phi) is 17.1. The number of amides is 2. The summed E-state index contributed by atoms with van der Waals surface area (Å²) in [6, 6.07) is 9.77. The molecule has 4 aromatic heterocycles. The second-order valence-electron chi connectivity index (χ2n) is 16.2. The van der Waals surface area contributed by atoms with Gasteiger partial charge in [0.05, 0.1) is 51.8 Å². The van der Waals surface area contributed by atoms with E-state index in [4.69, 9.17) is 37.8 Å². The standard InChI is InChI=1S/C23H24ClF3N6O4.C22H22ClF3N6O3/c1-14-17-10-15(12-28-21(17)31-22(29-14)33-6-4-32(5-7-33)8-9-34)30-20(35)13-36-19-3-2-16(11-18(19)24)37-23(25,26)27;1-13-16-9-14(11-27-20(16)30-21(28-13)32-7-5-31(2)6-8-32)29-19(33)12-34-18-4-3-15(10-17(18)23)35-22(24,25)26/h2-3,10-12,34H,4-9,13H2,1H3,(H,30,35);3-4,9-11H,5-8,12H2,1-2H3,(H,29,33). The Hall–Kier alpha value is -6.80. The van der Waals surface area contributed by atoms with E-state index in [1.54, 1.807) is 12.1 Å². The number of alkyl halides is 6. The van der Waals surface area contributed by atoms with E-state index in [1.165, 1.54) is 24.5 Å². The fourth-order valence-electron chi connectivity index (χ4n) is 7.30. The second kappa shape index (κ2) is 23.2. The molecule has 6 aromatic rings. The topological polar surface area (TPSA) is 206 Å². The monoisotopic (exact) mass is 1050 g/mol. The maximum Gasteiger partial charge on any atom is 0.573 e. The molecule has 2 saturated heterocycles. The van der Waals surface area contributed by atoms with Gasteiger partial charge in [0.25, 0.3) is 11.8 Å². The highest BCUT2D eigenvalue weighted by atomic mass is 35.5. The molecule has 0 saturated carbocycles. The molecule has 384 valence electrons. The van der Waals surface area contributed by atoms with Crippen molar-refractivity contribution in [3.8, 4) is 23.0 Å². The molecule has 2 aliphatic rings. The van der Waals surface area contributed by atoms with Crippen molar-refractivity contribution in [1.82, 2.24) is 39.7 Å². The van der Waals surface area contributed by atoms with Crippen LogP contribution in [0.3, 0.4) is 0 Å². The second-order valence-corrected chi connectivity index (χ2v) is 17.0. The molecule has 0 atom stereocenters. The Balaban J connectivity index is 0.000000212. The number of nitrogens with zero attached hydrogens (tertiary/aromatic N) is 10. The summed E-state index contributed by atoms with van der Waals surface area (Å²) in [5, 5.41) is 15.5. The van der Waals surface area contributed by atoms with Crippen molar-refractivity contribution in [2.24, 2.45) is 0 Å². The maximum absolute atomic E-state index is 12.4. The highest BCUT2D eigenvalue weighted by Gasteiger charge is 2.32. The molecule has 19 nitrogen and oxygen atoms in total. The lowest BCUT2D eigenvalue weighted by Crippen LogP contribution is -2.47. The molecule has 2 fully saturated rings. The molecule has 0 spiro atoms. The van der Waals surface area contributed by atoms with Crippen LogP contribution in [-0.2, 0) is 9.59 Å². The fourth-order valence-corrected chi connectivity index (χ4v) is 7.75. The summed E-state index contributed by atoms with van der Waals surface area (Å²) in [5.41, 5.74) is 3.27. The van der Waals surface area contributed by atoms with Crippen molar-refractivity contribution < 1.29 is 60.0 Å². The number of aryl methyl sites for hydroxylation is 2. The molecule has 27 heteroatoms. The molecule has 6 heterocycles. The molecule has 2 amide bonds. The van der Waals surface area contributed by atoms with Gasteiger partial charge in [-0.2, -0.15) is 9.97 Å². The van der Waals surface area contributed by atoms with E-state index in [0.717, 1.165) is 82.3 Å². The lowest BCUT2D eigenvalue weighted by atomic mass is 10.2. The summed E-state index contributed by atoms with van der Waals surface area (Å²) in [4.78, 5) is 60.4. The molecule has 2 aromatic carbocycles. The summed E-state index contributed by atoms with van der Waals surface area (Å²) < 4.78 is 92.1. The first-order valence-electron chi connectivity index (χ1n) is 21.9. The Morgan fingerprint density at radius 2 is 1.06 bits per heavy atom. The molecule has 0 bridgehead atoms. The molecular formula is C45H46Cl2F6N12O7. The molecular weight excluding hydrogens is 1010 g/mol. The number of β-amino-alcohol motifs (C(OH)–C–C–N with tert-alkyl or cyclic N) is 1. The Bertz CT molecular complexity index is 2890. The van der Waals surface area contributed by atoms with Gasteiger partial charge in [0, 0.05) is 81.8 Å². The van der Waals surface area contributed by atoms with Crippen molar-refractivity contribution in [3.05, 3.63) is 82.4 Å². The predicted octanol–water partition coefficient (Wildman–Crippen LogP) is 6.67. The van der Waals surface area contributed by atoms with Crippen LogP contribution >= 0.6 is 23.2 Å². The largest absolute Gasteiger partial charge is 0.573 e. The number of piperazine rings is 2. The third-order valence-electron chi connectivity index (χ3n) is 10.9. The SMILES string of the molecule is Cc1nc(N2CCN(C)CC2)nc2ncc(NC(=O)COc3ccc(OC(F)(F)F)cc3Cl)cc12.Cc1nc(N2CCN(CCO)CC2)nc2ncc(NC(=O)COc3ccc(OC(F)(F)F)cc3Cl)cc12. The van der Waals surface area contributed by atoms with Crippen LogP contribution < -0.4 is 39.4 Å².